The molecule has 2 aliphatic heterocycles. The topological polar surface area (TPSA) is 71.1 Å². The first-order chi connectivity index (χ1) is 11.6. The van der Waals surface area contributed by atoms with Gasteiger partial charge in [0, 0.05) is 6.54 Å². The van der Waals surface area contributed by atoms with Crippen molar-refractivity contribution in [3.05, 3.63) is 41.2 Å². The molecule has 2 aliphatic rings. The molecule has 2 aromatic rings. The monoisotopic (exact) mass is 330 g/mol. The second kappa shape index (κ2) is 5.89. The molecule has 7 heteroatoms. The predicted molar refractivity (Wildman–Crippen MR) is 83.9 cm³/mol. The minimum Gasteiger partial charge on any atom is -0.492 e. The number of rotatable bonds is 2. The van der Waals surface area contributed by atoms with Crippen LogP contribution in [0, 0.1) is 18.7 Å². The number of carbonyl (C=O) groups is 1. The van der Waals surface area contributed by atoms with E-state index in [0.717, 1.165) is 24.2 Å². The lowest BCUT2D eigenvalue weighted by molar-refractivity contribution is -0.138. The van der Waals surface area contributed by atoms with E-state index < -0.39 is 0 Å². The number of amides is 1. The zero-order valence-corrected chi connectivity index (χ0v) is 13.5. The van der Waals surface area contributed by atoms with Crippen LogP contribution >= 0.6 is 0 Å². The lowest BCUT2D eigenvalue weighted by atomic mass is 9.95. The van der Waals surface area contributed by atoms with Crippen LogP contribution in [-0.2, 0) is 11.2 Å². The van der Waals surface area contributed by atoms with Crippen molar-refractivity contribution in [2.75, 3.05) is 13.2 Å². The molecular weight excluding hydrogens is 311 g/mol. The average Bonchev–Trinajstić information content (AvgIpc) is 3.22. The molecule has 2 atom stereocenters. The number of aryl methyl sites for hydroxylation is 1. The maximum absolute atomic E-state index is 13.4. The summed E-state index contributed by atoms with van der Waals surface area (Å²) >= 11 is 0. The van der Waals surface area contributed by atoms with Crippen LogP contribution in [-0.4, -0.2) is 39.1 Å². The Morgan fingerprint density at radius 3 is 3.12 bits per heavy atom. The predicted octanol–water partition coefficient (Wildman–Crippen LogP) is 2.17. The molecule has 0 bridgehead atoms. The summed E-state index contributed by atoms with van der Waals surface area (Å²) in [5.74, 6) is 1.52. The van der Waals surface area contributed by atoms with Gasteiger partial charge in [-0.25, -0.2) is 9.37 Å². The highest BCUT2D eigenvalue weighted by Gasteiger charge is 2.37. The smallest absolute Gasteiger partial charge is 0.230 e. The molecular formula is C17H19FN4O2. The number of benzene rings is 1. The molecule has 0 aliphatic carbocycles. The standard InChI is InChI=1S/C17H19FN4O2/c1-10-19-16(21-20-10)14-3-2-6-22(14)17(23)12-7-11-8-13(18)4-5-15(11)24-9-12/h4-5,8,12,14H,2-3,6-7,9H2,1H3,(H,19,20,21)/t12?,14-/m0/s1. The first-order valence-electron chi connectivity index (χ1n) is 8.22. The fourth-order valence-electron chi connectivity index (χ4n) is 3.56. The number of halogens is 1. The highest BCUT2D eigenvalue weighted by Crippen LogP contribution is 2.34. The van der Waals surface area contributed by atoms with Crippen LogP contribution in [0.25, 0.3) is 0 Å². The molecule has 1 aromatic carbocycles. The van der Waals surface area contributed by atoms with Crippen LogP contribution < -0.4 is 4.74 Å². The largest absolute Gasteiger partial charge is 0.492 e. The fraction of sp³-hybridized carbons (Fsp3) is 0.471. The third-order valence-corrected chi connectivity index (χ3v) is 4.73. The van der Waals surface area contributed by atoms with Gasteiger partial charge in [-0.1, -0.05) is 0 Å². The number of fused-ring (bicyclic) bond motifs is 1. The lowest BCUT2D eigenvalue weighted by Gasteiger charge is -2.30. The second-order valence-corrected chi connectivity index (χ2v) is 6.43. The minimum atomic E-state index is -0.305. The molecule has 6 nitrogen and oxygen atoms in total. The highest BCUT2D eigenvalue weighted by atomic mass is 19.1. The van der Waals surface area contributed by atoms with Gasteiger partial charge in [-0.15, -0.1) is 0 Å². The molecule has 0 spiro atoms. The molecule has 1 aromatic heterocycles. The summed E-state index contributed by atoms with van der Waals surface area (Å²) < 4.78 is 19.1. The Bertz CT molecular complexity index is 776. The van der Waals surface area contributed by atoms with E-state index >= 15 is 0 Å². The van der Waals surface area contributed by atoms with Crippen molar-refractivity contribution in [1.82, 2.24) is 20.1 Å². The quantitative estimate of drug-likeness (QED) is 0.916. The van der Waals surface area contributed by atoms with Crippen molar-refractivity contribution in [3.63, 3.8) is 0 Å². The third-order valence-electron chi connectivity index (χ3n) is 4.73. The van der Waals surface area contributed by atoms with E-state index in [0.29, 0.717) is 31.1 Å². The van der Waals surface area contributed by atoms with E-state index in [1.54, 1.807) is 6.07 Å². The van der Waals surface area contributed by atoms with Crippen molar-refractivity contribution in [1.29, 1.82) is 0 Å². The maximum atomic E-state index is 13.4. The first kappa shape index (κ1) is 15.1. The van der Waals surface area contributed by atoms with Gasteiger partial charge in [-0.3, -0.25) is 9.89 Å². The fourth-order valence-corrected chi connectivity index (χ4v) is 3.56. The number of H-pyrrole nitrogens is 1. The molecule has 1 N–H and O–H groups in total. The molecule has 3 heterocycles. The van der Waals surface area contributed by atoms with Gasteiger partial charge < -0.3 is 9.64 Å². The van der Waals surface area contributed by atoms with Gasteiger partial charge >= 0.3 is 0 Å². The summed E-state index contributed by atoms with van der Waals surface area (Å²) in [6, 6.07) is 4.37. The normalized spacial score (nSPS) is 23.0. The lowest BCUT2D eigenvalue weighted by Crippen LogP contribution is -2.40. The summed E-state index contributed by atoms with van der Waals surface area (Å²) in [5, 5.41) is 7.05. The molecule has 1 amide bonds. The van der Waals surface area contributed by atoms with Gasteiger partial charge in [0.2, 0.25) is 5.91 Å². The Morgan fingerprint density at radius 1 is 1.46 bits per heavy atom. The van der Waals surface area contributed by atoms with Crippen molar-refractivity contribution in [3.8, 4) is 5.75 Å². The second-order valence-electron chi connectivity index (χ2n) is 6.43. The third kappa shape index (κ3) is 2.64. The van der Waals surface area contributed by atoms with E-state index in [1.165, 1.54) is 12.1 Å². The number of nitrogens with zero attached hydrogens (tertiary/aromatic N) is 3. The zero-order chi connectivity index (χ0) is 16.7. The number of likely N-dealkylation sites (tertiary alicyclic amines) is 1. The number of hydrogen-bond acceptors (Lipinski definition) is 4. The Balaban J connectivity index is 1.53. The minimum absolute atomic E-state index is 0.0369. The Hall–Kier alpha value is -2.44. The van der Waals surface area contributed by atoms with E-state index in [9.17, 15) is 9.18 Å². The summed E-state index contributed by atoms with van der Waals surface area (Å²) in [7, 11) is 0. The van der Waals surface area contributed by atoms with Gasteiger partial charge in [0.1, 0.15) is 24.0 Å². The van der Waals surface area contributed by atoms with E-state index in [1.807, 2.05) is 11.8 Å². The van der Waals surface area contributed by atoms with Crippen LogP contribution in [0.2, 0.25) is 0 Å². The van der Waals surface area contributed by atoms with Gasteiger partial charge in [-0.2, -0.15) is 5.10 Å². The van der Waals surface area contributed by atoms with Crippen molar-refractivity contribution >= 4 is 5.91 Å². The molecule has 126 valence electrons. The number of hydrogen-bond donors (Lipinski definition) is 1. The number of ether oxygens (including phenoxy) is 1. The molecule has 1 unspecified atom stereocenters. The first-order valence-corrected chi connectivity index (χ1v) is 8.22. The molecule has 4 rings (SSSR count). The summed E-state index contributed by atoms with van der Waals surface area (Å²) in [5.41, 5.74) is 0.754. The Morgan fingerprint density at radius 2 is 2.33 bits per heavy atom. The van der Waals surface area contributed by atoms with Crippen molar-refractivity contribution < 1.29 is 13.9 Å². The number of aromatic nitrogens is 3. The van der Waals surface area contributed by atoms with Crippen LogP contribution in [0.4, 0.5) is 4.39 Å². The summed E-state index contributed by atoms with van der Waals surface area (Å²) in [6.45, 7) is 2.87. The zero-order valence-electron chi connectivity index (χ0n) is 13.5. The Kier molecular flexibility index (Phi) is 3.70. The van der Waals surface area contributed by atoms with Gasteiger partial charge in [0.25, 0.3) is 0 Å². The number of carbonyl (C=O) groups excluding carboxylic acids is 1. The van der Waals surface area contributed by atoms with E-state index in [-0.39, 0.29) is 23.7 Å². The summed E-state index contributed by atoms with van der Waals surface area (Å²) in [6.07, 6.45) is 2.30. The molecule has 0 saturated carbocycles. The molecule has 0 radical (unpaired) electrons. The van der Waals surface area contributed by atoms with Crippen molar-refractivity contribution in [2.45, 2.75) is 32.2 Å². The van der Waals surface area contributed by atoms with Gasteiger partial charge in [0.05, 0.1) is 12.0 Å². The summed E-state index contributed by atoms with van der Waals surface area (Å²) in [4.78, 5) is 19.2. The maximum Gasteiger partial charge on any atom is 0.230 e. The molecule has 1 saturated heterocycles. The highest BCUT2D eigenvalue weighted by molar-refractivity contribution is 5.80. The Labute approximate surface area is 139 Å². The number of aromatic amines is 1. The van der Waals surface area contributed by atoms with Crippen LogP contribution in [0.3, 0.4) is 0 Å². The van der Waals surface area contributed by atoms with Crippen LogP contribution in [0.1, 0.15) is 36.1 Å². The SMILES string of the molecule is Cc1nc([C@@H]2CCCN2C(=O)C2COc3ccc(F)cc3C2)n[nH]1. The van der Waals surface area contributed by atoms with Crippen LogP contribution in [0.15, 0.2) is 18.2 Å². The van der Waals surface area contributed by atoms with E-state index in [4.69, 9.17) is 4.74 Å². The molecule has 1 fully saturated rings. The van der Waals surface area contributed by atoms with Crippen molar-refractivity contribution in [2.24, 2.45) is 5.92 Å². The van der Waals surface area contributed by atoms with Crippen LogP contribution in [0.5, 0.6) is 5.75 Å². The van der Waals surface area contributed by atoms with Gasteiger partial charge in [-0.05, 0) is 49.9 Å². The van der Waals surface area contributed by atoms with E-state index in [2.05, 4.69) is 15.2 Å². The number of nitrogens with one attached hydrogen (secondary N) is 1. The average molecular weight is 330 g/mol. The van der Waals surface area contributed by atoms with Gasteiger partial charge in [0.15, 0.2) is 5.82 Å². The molecule has 24 heavy (non-hydrogen) atoms.